The van der Waals surface area contributed by atoms with Crippen molar-refractivity contribution in [1.29, 1.82) is 0 Å². The smallest absolute Gasteiger partial charge is 0.145 e. The lowest BCUT2D eigenvalue weighted by atomic mass is 10.3. The Morgan fingerprint density at radius 2 is 1.65 bits per heavy atom. The van der Waals surface area contributed by atoms with E-state index in [0.717, 1.165) is 24.4 Å². The van der Waals surface area contributed by atoms with E-state index in [0.29, 0.717) is 27.6 Å². The molecule has 1 saturated carbocycles. The molecule has 0 amide bonds. The van der Waals surface area contributed by atoms with Crippen molar-refractivity contribution in [1.82, 2.24) is 9.97 Å². The molecule has 0 saturated heterocycles. The van der Waals surface area contributed by atoms with Crippen molar-refractivity contribution in [2.45, 2.75) is 18.8 Å². The zero-order valence-corrected chi connectivity index (χ0v) is 12.0. The highest BCUT2D eigenvalue weighted by molar-refractivity contribution is 6.35. The van der Waals surface area contributed by atoms with E-state index in [1.54, 1.807) is 24.3 Å². The van der Waals surface area contributed by atoms with Crippen LogP contribution in [0.3, 0.4) is 0 Å². The largest absolute Gasteiger partial charge is 0.340 e. The first-order chi connectivity index (χ1) is 9.64. The Kier molecular flexibility index (Phi) is 3.65. The first kappa shape index (κ1) is 13.4. The minimum atomic E-state index is 0.437. The van der Waals surface area contributed by atoms with Crippen molar-refractivity contribution in [2.75, 3.05) is 10.7 Å². The van der Waals surface area contributed by atoms with E-state index in [1.165, 1.54) is 0 Å². The van der Waals surface area contributed by atoms with Gasteiger partial charge >= 0.3 is 0 Å². The van der Waals surface area contributed by atoms with Crippen LogP contribution < -0.4 is 16.6 Å². The number of rotatable bonds is 4. The molecule has 7 heteroatoms. The monoisotopic (exact) mass is 309 g/mol. The fourth-order valence-electron chi connectivity index (χ4n) is 1.90. The zero-order valence-electron chi connectivity index (χ0n) is 10.5. The third-order valence-electron chi connectivity index (χ3n) is 2.97. The van der Waals surface area contributed by atoms with Gasteiger partial charge in [0.25, 0.3) is 0 Å². The summed E-state index contributed by atoms with van der Waals surface area (Å²) >= 11 is 12.0. The Labute approximate surface area is 126 Å². The molecule has 1 aliphatic carbocycles. The number of nitrogens with zero attached hydrogens (tertiary/aromatic N) is 2. The van der Waals surface area contributed by atoms with Gasteiger partial charge in [0.1, 0.15) is 17.5 Å². The summed E-state index contributed by atoms with van der Waals surface area (Å²) < 4.78 is 0. The van der Waals surface area contributed by atoms with Crippen LogP contribution >= 0.6 is 23.2 Å². The van der Waals surface area contributed by atoms with Gasteiger partial charge in [0, 0.05) is 27.7 Å². The van der Waals surface area contributed by atoms with Crippen molar-refractivity contribution in [3.63, 3.8) is 0 Å². The van der Waals surface area contributed by atoms with E-state index >= 15 is 0 Å². The fraction of sp³-hybridized carbons (Fsp3) is 0.231. The number of anilines is 3. The standard InChI is InChI=1S/C13H13Cl2N5/c14-8-3-9(15)5-10(4-8)17-11-6-12(20-16)19-13(18-11)7-1-2-7/h3-7H,1-2,16H2,(H2,17,18,19,20). The highest BCUT2D eigenvalue weighted by atomic mass is 35.5. The minimum absolute atomic E-state index is 0.437. The summed E-state index contributed by atoms with van der Waals surface area (Å²) in [4.78, 5) is 8.85. The van der Waals surface area contributed by atoms with Gasteiger partial charge in [0.2, 0.25) is 0 Å². The SMILES string of the molecule is NNc1cc(Nc2cc(Cl)cc(Cl)c2)nc(C2CC2)n1. The molecule has 1 aromatic heterocycles. The van der Waals surface area contributed by atoms with E-state index in [2.05, 4.69) is 20.7 Å². The first-order valence-electron chi connectivity index (χ1n) is 6.23. The number of hydrogen-bond donors (Lipinski definition) is 3. The number of halogens is 2. The Balaban J connectivity index is 1.90. The second kappa shape index (κ2) is 5.44. The Hall–Kier alpha value is -1.56. The van der Waals surface area contributed by atoms with Gasteiger partial charge in [-0.15, -0.1) is 0 Å². The molecule has 20 heavy (non-hydrogen) atoms. The van der Waals surface area contributed by atoms with E-state index in [1.807, 2.05) is 0 Å². The molecule has 1 aliphatic rings. The lowest BCUT2D eigenvalue weighted by molar-refractivity contribution is 0.929. The van der Waals surface area contributed by atoms with Crippen LogP contribution in [0.2, 0.25) is 10.0 Å². The normalized spacial score (nSPS) is 14.2. The maximum absolute atomic E-state index is 5.98. The molecule has 5 nitrogen and oxygen atoms in total. The van der Waals surface area contributed by atoms with Crippen molar-refractivity contribution in [2.24, 2.45) is 5.84 Å². The molecule has 0 bridgehead atoms. The molecule has 0 aliphatic heterocycles. The summed E-state index contributed by atoms with van der Waals surface area (Å²) in [6.45, 7) is 0. The predicted molar refractivity (Wildman–Crippen MR) is 81.6 cm³/mol. The van der Waals surface area contributed by atoms with Gasteiger partial charge in [0.15, 0.2) is 0 Å². The van der Waals surface area contributed by atoms with Crippen LogP contribution in [0.4, 0.5) is 17.3 Å². The highest BCUT2D eigenvalue weighted by Crippen LogP contribution is 2.39. The number of hydrazine groups is 1. The molecule has 1 fully saturated rings. The van der Waals surface area contributed by atoms with Gasteiger partial charge in [-0.1, -0.05) is 23.2 Å². The molecule has 2 aromatic rings. The number of hydrogen-bond acceptors (Lipinski definition) is 5. The lowest BCUT2D eigenvalue weighted by Gasteiger charge is -2.10. The molecule has 104 valence electrons. The molecule has 0 radical (unpaired) electrons. The second-order valence-electron chi connectivity index (χ2n) is 4.70. The van der Waals surface area contributed by atoms with Crippen LogP contribution in [0.5, 0.6) is 0 Å². The minimum Gasteiger partial charge on any atom is -0.340 e. The summed E-state index contributed by atoms with van der Waals surface area (Å²) in [6, 6.07) is 6.97. The van der Waals surface area contributed by atoms with Crippen LogP contribution in [-0.2, 0) is 0 Å². The summed E-state index contributed by atoms with van der Waals surface area (Å²) in [5, 5.41) is 4.29. The van der Waals surface area contributed by atoms with Crippen molar-refractivity contribution in [3.05, 3.63) is 40.1 Å². The molecule has 1 heterocycles. The molecule has 1 aromatic carbocycles. The van der Waals surface area contributed by atoms with E-state index in [-0.39, 0.29) is 0 Å². The van der Waals surface area contributed by atoms with E-state index in [9.17, 15) is 0 Å². The molecular formula is C13H13Cl2N5. The molecular weight excluding hydrogens is 297 g/mol. The predicted octanol–water partition coefficient (Wildman–Crippen LogP) is 3.69. The van der Waals surface area contributed by atoms with E-state index in [4.69, 9.17) is 29.0 Å². The van der Waals surface area contributed by atoms with Gasteiger partial charge in [-0.25, -0.2) is 15.8 Å². The van der Waals surface area contributed by atoms with Crippen LogP contribution in [-0.4, -0.2) is 9.97 Å². The Bertz CT molecular complexity index is 622. The lowest BCUT2D eigenvalue weighted by Crippen LogP contribution is -2.11. The molecule has 0 unspecified atom stereocenters. The van der Waals surface area contributed by atoms with Gasteiger partial charge < -0.3 is 10.7 Å². The number of nitrogens with one attached hydrogen (secondary N) is 2. The molecule has 0 spiro atoms. The quantitative estimate of drug-likeness (QED) is 0.593. The molecule has 0 atom stereocenters. The van der Waals surface area contributed by atoms with Gasteiger partial charge in [0.05, 0.1) is 0 Å². The van der Waals surface area contributed by atoms with Crippen LogP contribution in [0, 0.1) is 0 Å². The third kappa shape index (κ3) is 3.12. The maximum Gasteiger partial charge on any atom is 0.145 e. The number of benzene rings is 1. The van der Waals surface area contributed by atoms with Crippen molar-refractivity contribution >= 4 is 40.5 Å². The third-order valence-corrected chi connectivity index (χ3v) is 3.41. The average Bonchev–Trinajstić information content (AvgIpc) is 3.21. The topological polar surface area (TPSA) is 75.9 Å². The van der Waals surface area contributed by atoms with E-state index < -0.39 is 0 Å². The van der Waals surface area contributed by atoms with Crippen LogP contribution in [0.15, 0.2) is 24.3 Å². The Morgan fingerprint density at radius 3 is 2.25 bits per heavy atom. The zero-order chi connectivity index (χ0) is 14.1. The van der Waals surface area contributed by atoms with Crippen LogP contribution in [0.1, 0.15) is 24.6 Å². The fourth-order valence-corrected chi connectivity index (χ4v) is 2.43. The summed E-state index contributed by atoms with van der Waals surface area (Å²) in [5.74, 6) is 7.92. The van der Waals surface area contributed by atoms with Gasteiger partial charge in [-0.05, 0) is 31.0 Å². The summed E-state index contributed by atoms with van der Waals surface area (Å²) in [7, 11) is 0. The summed E-state index contributed by atoms with van der Waals surface area (Å²) in [5.41, 5.74) is 3.33. The maximum atomic E-state index is 5.98. The number of nitrogen functional groups attached to an aromatic ring is 1. The Morgan fingerprint density at radius 1 is 1.00 bits per heavy atom. The van der Waals surface area contributed by atoms with Gasteiger partial charge in [-0.3, -0.25) is 0 Å². The van der Waals surface area contributed by atoms with Crippen molar-refractivity contribution in [3.8, 4) is 0 Å². The average molecular weight is 310 g/mol. The number of nitrogens with two attached hydrogens (primary N) is 1. The molecule has 3 rings (SSSR count). The molecule has 4 N–H and O–H groups in total. The number of aromatic nitrogens is 2. The van der Waals surface area contributed by atoms with Crippen molar-refractivity contribution < 1.29 is 0 Å². The summed E-state index contributed by atoms with van der Waals surface area (Å²) in [6.07, 6.45) is 2.24. The second-order valence-corrected chi connectivity index (χ2v) is 5.57. The first-order valence-corrected chi connectivity index (χ1v) is 6.98. The van der Waals surface area contributed by atoms with Crippen LogP contribution in [0.25, 0.3) is 0 Å². The van der Waals surface area contributed by atoms with Gasteiger partial charge in [-0.2, -0.15) is 0 Å². The highest BCUT2D eigenvalue weighted by Gasteiger charge is 2.27.